The first-order chi connectivity index (χ1) is 12.9. The van der Waals surface area contributed by atoms with Gasteiger partial charge in [-0.1, -0.05) is 18.2 Å². The number of carbonyl (C=O) groups is 2. The van der Waals surface area contributed by atoms with Crippen LogP contribution in [0.25, 0.3) is 10.9 Å². The number of H-pyrrole nitrogens is 2. The van der Waals surface area contributed by atoms with Crippen molar-refractivity contribution in [1.82, 2.24) is 19.9 Å². The predicted molar refractivity (Wildman–Crippen MR) is 97.5 cm³/mol. The molecule has 3 aromatic rings. The van der Waals surface area contributed by atoms with E-state index in [9.17, 15) is 24.3 Å². The molecule has 2 aromatic heterocycles. The molecule has 2 heterocycles. The van der Waals surface area contributed by atoms with Gasteiger partial charge in [0.25, 0.3) is 5.56 Å². The third kappa shape index (κ3) is 4.32. The zero-order chi connectivity index (χ0) is 19.4. The number of hydrogen-bond acceptors (Lipinski definition) is 4. The molecule has 4 N–H and O–H groups in total. The Balaban J connectivity index is 1.65. The Morgan fingerprint density at radius 2 is 1.96 bits per heavy atom. The number of benzene rings is 1. The summed E-state index contributed by atoms with van der Waals surface area (Å²) >= 11 is 0. The molecule has 1 unspecified atom stereocenters. The quantitative estimate of drug-likeness (QED) is 0.471. The van der Waals surface area contributed by atoms with E-state index in [0.29, 0.717) is 0 Å². The molecular weight excluding hydrogens is 352 g/mol. The van der Waals surface area contributed by atoms with E-state index in [0.717, 1.165) is 16.5 Å². The van der Waals surface area contributed by atoms with Crippen molar-refractivity contribution in [2.75, 3.05) is 0 Å². The smallest absolute Gasteiger partial charge is 0.328 e. The highest BCUT2D eigenvalue weighted by molar-refractivity contribution is 5.86. The van der Waals surface area contributed by atoms with Crippen LogP contribution in [0.1, 0.15) is 12.0 Å². The Morgan fingerprint density at radius 3 is 2.70 bits per heavy atom. The minimum Gasteiger partial charge on any atom is -0.480 e. The first-order valence-corrected chi connectivity index (χ1v) is 8.31. The van der Waals surface area contributed by atoms with Crippen molar-refractivity contribution < 1.29 is 14.7 Å². The van der Waals surface area contributed by atoms with Gasteiger partial charge in [-0.3, -0.25) is 14.6 Å². The maximum atomic E-state index is 12.1. The number of amides is 1. The Labute approximate surface area is 152 Å². The van der Waals surface area contributed by atoms with E-state index in [1.165, 1.54) is 16.8 Å². The number of carbonyl (C=O) groups excluding carboxylic acids is 1. The summed E-state index contributed by atoms with van der Waals surface area (Å²) < 4.78 is 1.18. The van der Waals surface area contributed by atoms with Gasteiger partial charge >= 0.3 is 11.7 Å². The van der Waals surface area contributed by atoms with Crippen molar-refractivity contribution in [1.29, 1.82) is 0 Å². The van der Waals surface area contributed by atoms with Crippen molar-refractivity contribution in [2.45, 2.75) is 25.4 Å². The number of carboxylic acid groups (broad SMARTS) is 1. The van der Waals surface area contributed by atoms with Crippen LogP contribution in [0.5, 0.6) is 0 Å². The summed E-state index contributed by atoms with van der Waals surface area (Å²) in [5, 5.41) is 12.8. The molecule has 3 rings (SSSR count). The SMILES string of the molecule is O=C(CCn1ccc(=O)[nH]c1=O)NC(Cc1c[nH]c2ccccc12)C(=O)O. The van der Waals surface area contributed by atoms with Crippen LogP contribution >= 0.6 is 0 Å². The largest absolute Gasteiger partial charge is 0.480 e. The fourth-order valence-electron chi connectivity index (χ4n) is 2.83. The summed E-state index contributed by atoms with van der Waals surface area (Å²) in [6, 6.07) is 7.58. The van der Waals surface area contributed by atoms with Gasteiger partial charge in [0, 0.05) is 48.7 Å². The van der Waals surface area contributed by atoms with Crippen molar-refractivity contribution in [3.8, 4) is 0 Å². The van der Waals surface area contributed by atoms with Crippen LogP contribution in [0.4, 0.5) is 0 Å². The number of aromatic amines is 2. The zero-order valence-corrected chi connectivity index (χ0v) is 14.3. The van der Waals surface area contributed by atoms with Crippen LogP contribution in [0.2, 0.25) is 0 Å². The molecule has 1 amide bonds. The number of aliphatic carboxylic acids is 1. The van der Waals surface area contributed by atoms with E-state index in [4.69, 9.17) is 0 Å². The minimum atomic E-state index is -1.14. The van der Waals surface area contributed by atoms with Gasteiger partial charge in [-0.15, -0.1) is 0 Å². The van der Waals surface area contributed by atoms with Crippen LogP contribution in [0, 0.1) is 0 Å². The third-order valence-corrected chi connectivity index (χ3v) is 4.21. The molecule has 1 aromatic carbocycles. The van der Waals surface area contributed by atoms with E-state index < -0.39 is 29.2 Å². The molecule has 0 spiro atoms. The van der Waals surface area contributed by atoms with Gasteiger partial charge < -0.3 is 20.0 Å². The minimum absolute atomic E-state index is 0.0286. The van der Waals surface area contributed by atoms with Crippen LogP contribution < -0.4 is 16.6 Å². The van der Waals surface area contributed by atoms with Crippen LogP contribution in [0.3, 0.4) is 0 Å². The highest BCUT2D eigenvalue weighted by atomic mass is 16.4. The molecule has 0 saturated carbocycles. The first-order valence-electron chi connectivity index (χ1n) is 8.31. The lowest BCUT2D eigenvalue weighted by molar-refractivity contribution is -0.141. The van der Waals surface area contributed by atoms with E-state index >= 15 is 0 Å². The summed E-state index contributed by atoms with van der Waals surface area (Å²) in [4.78, 5) is 51.5. The molecule has 0 saturated heterocycles. The summed E-state index contributed by atoms with van der Waals surface area (Å²) in [5.41, 5.74) is 0.532. The van der Waals surface area contributed by atoms with Crippen LogP contribution in [0.15, 0.2) is 52.3 Å². The van der Waals surface area contributed by atoms with E-state index in [1.54, 1.807) is 6.20 Å². The van der Waals surface area contributed by atoms with E-state index in [2.05, 4.69) is 15.3 Å². The first kappa shape index (κ1) is 18.2. The topological polar surface area (TPSA) is 137 Å². The Hall–Kier alpha value is -3.62. The lowest BCUT2D eigenvalue weighted by atomic mass is 10.0. The van der Waals surface area contributed by atoms with Crippen molar-refractivity contribution in [3.05, 3.63) is 69.1 Å². The number of fused-ring (bicyclic) bond motifs is 1. The van der Waals surface area contributed by atoms with Crippen LogP contribution in [-0.2, 0) is 22.6 Å². The molecule has 0 fully saturated rings. The number of para-hydroxylation sites is 1. The lowest BCUT2D eigenvalue weighted by Gasteiger charge is -2.14. The molecular formula is C18H18N4O5. The molecule has 0 bridgehead atoms. The molecule has 9 heteroatoms. The van der Waals surface area contributed by atoms with Gasteiger partial charge in [-0.05, 0) is 11.6 Å². The fraction of sp³-hybridized carbons (Fsp3) is 0.222. The van der Waals surface area contributed by atoms with E-state index in [1.807, 2.05) is 24.3 Å². The number of hydrogen-bond donors (Lipinski definition) is 4. The molecule has 1 atom stereocenters. The summed E-state index contributed by atoms with van der Waals surface area (Å²) in [5.74, 6) is -1.64. The molecule has 27 heavy (non-hydrogen) atoms. The number of rotatable bonds is 7. The molecule has 0 radical (unpaired) electrons. The Kier molecular flexibility index (Phi) is 5.20. The highest BCUT2D eigenvalue weighted by Gasteiger charge is 2.21. The molecule has 9 nitrogen and oxygen atoms in total. The second-order valence-corrected chi connectivity index (χ2v) is 6.08. The average Bonchev–Trinajstić information content (AvgIpc) is 3.03. The van der Waals surface area contributed by atoms with Gasteiger partial charge in [0.2, 0.25) is 5.91 Å². The van der Waals surface area contributed by atoms with E-state index in [-0.39, 0.29) is 19.4 Å². The number of carboxylic acids is 1. The van der Waals surface area contributed by atoms with Crippen molar-refractivity contribution >= 4 is 22.8 Å². The summed E-state index contributed by atoms with van der Waals surface area (Å²) in [6.07, 6.45) is 3.05. The lowest BCUT2D eigenvalue weighted by Crippen LogP contribution is -2.42. The molecule has 140 valence electrons. The molecule has 0 aliphatic rings. The fourth-order valence-corrected chi connectivity index (χ4v) is 2.83. The maximum absolute atomic E-state index is 12.1. The molecule has 0 aliphatic heterocycles. The average molecular weight is 370 g/mol. The second kappa shape index (κ2) is 7.73. The van der Waals surface area contributed by atoms with Crippen LogP contribution in [-0.4, -0.2) is 37.6 Å². The summed E-state index contributed by atoms with van der Waals surface area (Å²) in [6.45, 7) is 0.0286. The maximum Gasteiger partial charge on any atom is 0.328 e. The highest BCUT2D eigenvalue weighted by Crippen LogP contribution is 2.19. The van der Waals surface area contributed by atoms with Crippen molar-refractivity contribution in [2.24, 2.45) is 0 Å². The molecule has 0 aliphatic carbocycles. The van der Waals surface area contributed by atoms with Gasteiger partial charge in [-0.2, -0.15) is 0 Å². The number of aromatic nitrogens is 3. The monoisotopic (exact) mass is 370 g/mol. The van der Waals surface area contributed by atoms with Gasteiger partial charge in [0.05, 0.1) is 0 Å². The Morgan fingerprint density at radius 1 is 1.19 bits per heavy atom. The zero-order valence-electron chi connectivity index (χ0n) is 14.3. The van der Waals surface area contributed by atoms with Crippen molar-refractivity contribution in [3.63, 3.8) is 0 Å². The van der Waals surface area contributed by atoms with Gasteiger partial charge in [0.1, 0.15) is 6.04 Å². The standard InChI is InChI=1S/C18H18N4O5/c23-15(5-7-22-8-6-16(24)21-18(22)27)20-14(17(25)26)9-11-10-19-13-4-2-1-3-12(11)13/h1-4,6,8,10,14,19H,5,7,9H2,(H,20,23)(H,25,26)(H,21,24,27). The number of nitrogens with zero attached hydrogens (tertiary/aromatic N) is 1. The Bertz CT molecular complexity index is 1090. The number of aryl methyl sites for hydroxylation is 1. The van der Waals surface area contributed by atoms with Gasteiger partial charge in [0.15, 0.2) is 0 Å². The third-order valence-electron chi connectivity index (χ3n) is 4.21. The normalized spacial score (nSPS) is 12.0. The second-order valence-electron chi connectivity index (χ2n) is 6.08. The summed E-state index contributed by atoms with van der Waals surface area (Å²) in [7, 11) is 0. The predicted octanol–water partition coefficient (Wildman–Crippen LogP) is 0.220. The number of nitrogens with one attached hydrogen (secondary N) is 3. The van der Waals surface area contributed by atoms with Gasteiger partial charge in [-0.25, -0.2) is 9.59 Å².